The number of carbonyl (C=O) groups is 1. The molecule has 1 N–H and O–H groups in total. The molecule has 6 heteroatoms. The summed E-state index contributed by atoms with van der Waals surface area (Å²) < 4.78 is 0. The third kappa shape index (κ3) is 3.04. The van der Waals surface area contributed by atoms with Crippen molar-refractivity contribution in [2.45, 2.75) is 12.8 Å². The molecule has 0 aliphatic carbocycles. The molecule has 0 atom stereocenters. The molecule has 0 spiro atoms. The molecule has 0 bridgehead atoms. The predicted molar refractivity (Wildman–Crippen MR) is 81.6 cm³/mol. The lowest BCUT2D eigenvalue weighted by molar-refractivity contribution is 0.0792. The topological polar surface area (TPSA) is 81.9 Å². The minimum Gasteiger partial charge on any atom is -0.339 e. The number of anilines is 2. The largest absolute Gasteiger partial charge is 0.339 e. The molecule has 3 rings (SSSR count). The quantitative estimate of drug-likeness (QED) is 0.939. The fraction of sp³-hybridized carbons (Fsp3) is 0.250. The van der Waals surface area contributed by atoms with Crippen LogP contribution in [0.4, 0.5) is 11.6 Å². The van der Waals surface area contributed by atoms with Crippen LogP contribution in [0.15, 0.2) is 36.7 Å². The molecular formula is C16H15N5O. The molecule has 0 radical (unpaired) electrons. The minimum absolute atomic E-state index is 0.0116. The van der Waals surface area contributed by atoms with E-state index in [1.165, 1.54) is 0 Å². The molecule has 2 heterocycles. The number of nitriles is 1. The summed E-state index contributed by atoms with van der Waals surface area (Å²) in [4.78, 5) is 22.4. The second-order valence-electron chi connectivity index (χ2n) is 5.11. The molecule has 1 aromatic carbocycles. The van der Waals surface area contributed by atoms with Crippen molar-refractivity contribution >= 4 is 17.5 Å². The number of nitrogens with one attached hydrogen (secondary N) is 1. The lowest BCUT2D eigenvalue weighted by Crippen LogP contribution is -2.27. The molecular weight excluding hydrogens is 278 g/mol. The van der Waals surface area contributed by atoms with Crippen LogP contribution in [0.1, 0.15) is 28.8 Å². The Balaban J connectivity index is 1.68. The SMILES string of the molecule is N#Cc1ccc(Nc2ncc(C(=O)N3CCCC3)cn2)cc1. The van der Waals surface area contributed by atoms with E-state index in [1.807, 2.05) is 4.90 Å². The summed E-state index contributed by atoms with van der Waals surface area (Å²) >= 11 is 0. The van der Waals surface area contributed by atoms with Crippen molar-refractivity contribution in [1.29, 1.82) is 5.26 Å². The van der Waals surface area contributed by atoms with Crippen molar-refractivity contribution in [3.63, 3.8) is 0 Å². The molecule has 0 saturated carbocycles. The number of rotatable bonds is 3. The highest BCUT2D eigenvalue weighted by molar-refractivity contribution is 5.93. The highest BCUT2D eigenvalue weighted by Crippen LogP contribution is 2.15. The van der Waals surface area contributed by atoms with Gasteiger partial charge in [-0.1, -0.05) is 0 Å². The molecule has 6 nitrogen and oxygen atoms in total. The average Bonchev–Trinajstić information content (AvgIpc) is 3.10. The molecule has 22 heavy (non-hydrogen) atoms. The van der Waals surface area contributed by atoms with Gasteiger partial charge in [-0.3, -0.25) is 4.79 Å². The first-order chi connectivity index (χ1) is 10.8. The van der Waals surface area contributed by atoms with Gasteiger partial charge < -0.3 is 10.2 Å². The van der Waals surface area contributed by atoms with Gasteiger partial charge in [-0.05, 0) is 37.1 Å². The number of amides is 1. The number of likely N-dealkylation sites (tertiary alicyclic amines) is 1. The van der Waals surface area contributed by atoms with Crippen LogP contribution in [0, 0.1) is 11.3 Å². The minimum atomic E-state index is -0.0116. The van der Waals surface area contributed by atoms with E-state index in [2.05, 4.69) is 21.4 Å². The fourth-order valence-electron chi connectivity index (χ4n) is 2.36. The normalized spacial score (nSPS) is 13.7. The Hall–Kier alpha value is -2.94. The Labute approximate surface area is 128 Å². The maximum absolute atomic E-state index is 12.2. The number of nitrogens with zero attached hydrogens (tertiary/aromatic N) is 4. The lowest BCUT2D eigenvalue weighted by atomic mass is 10.2. The zero-order valence-electron chi connectivity index (χ0n) is 12.0. The number of hydrogen-bond donors (Lipinski definition) is 1. The molecule has 1 amide bonds. The van der Waals surface area contributed by atoms with Gasteiger partial charge in [0, 0.05) is 31.2 Å². The summed E-state index contributed by atoms with van der Waals surface area (Å²) in [6, 6.07) is 9.06. The van der Waals surface area contributed by atoms with Gasteiger partial charge in [-0.15, -0.1) is 0 Å². The highest BCUT2D eigenvalue weighted by atomic mass is 16.2. The van der Waals surface area contributed by atoms with Crippen molar-refractivity contribution in [2.75, 3.05) is 18.4 Å². The number of carbonyl (C=O) groups excluding carboxylic acids is 1. The second-order valence-corrected chi connectivity index (χ2v) is 5.11. The van der Waals surface area contributed by atoms with Crippen LogP contribution in [-0.2, 0) is 0 Å². The van der Waals surface area contributed by atoms with Crippen LogP contribution in [0.5, 0.6) is 0 Å². The van der Waals surface area contributed by atoms with Crippen LogP contribution in [0.3, 0.4) is 0 Å². The first-order valence-electron chi connectivity index (χ1n) is 7.15. The van der Waals surface area contributed by atoms with Gasteiger partial charge in [-0.2, -0.15) is 5.26 Å². The van der Waals surface area contributed by atoms with Gasteiger partial charge in [0.15, 0.2) is 0 Å². The monoisotopic (exact) mass is 293 g/mol. The zero-order valence-corrected chi connectivity index (χ0v) is 12.0. The average molecular weight is 293 g/mol. The second kappa shape index (κ2) is 6.22. The Morgan fingerprint density at radius 1 is 1.14 bits per heavy atom. The van der Waals surface area contributed by atoms with E-state index in [-0.39, 0.29) is 5.91 Å². The molecule has 1 fully saturated rings. The van der Waals surface area contributed by atoms with Crippen molar-refractivity contribution in [3.8, 4) is 6.07 Å². The van der Waals surface area contributed by atoms with E-state index < -0.39 is 0 Å². The molecule has 1 saturated heterocycles. The van der Waals surface area contributed by atoms with E-state index in [1.54, 1.807) is 36.7 Å². The van der Waals surface area contributed by atoms with E-state index in [4.69, 9.17) is 5.26 Å². The molecule has 1 aliphatic rings. The number of aromatic nitrogens is 2. The van der Waals surface area contributed by atoms with Crippen LogP contribution in [0.2, 0.25) is 0 Å². The first kappa shape index (κ1) is 14.0. The van der Waals surface area contributed by atoms with Gasteiger partial charge >= 0.3 is 0 Å². The van der Waals surface area contributed by atoms with Gasteiger partial charge in [0.2, 0.25) is 5.95 Å². The van der Waals surface area contributed by atoms with Crippen LogP contribution in [-0.4, -0.2) is 33.9 Å². The first-order valence-corrected chi connectivity index (χ1v) is 7.15. The predicted octanol–water partition coefficient (Wildman–Crippen LogP) is 2.33. The third-order valence-electron chi connectivity index (χ3n) is 3.56. The van der Waals surface area contributed by atoms with Crippen molar-refractivity contribution < 1.29 is 4.79 Å². The van der Waals surface area contributed by atoms with Crippen molar-refractivity contribution in [1.82, 2.24) is 14.9 Å². The molecule has 1 aromatic heterocycles. The van der Waals surface area contributed by atoms with E-state index in [0.717, 1.165) is 31.6 Å². The van der Waals surface area contributed by atoms with E-state index >= 15 is 0 Å². The van der Waals surface area contributed by atoms with E-state index in [9.17, 15) is 4.79 Å². The number of hydrogen-bond acceptors (Lipinski definition) is 5. The Morgan fingerprint density at radius 3 is 2.36 bits per heavy atom. The molecule has 2 aromatic rings. The zero-order chi connectivity index (χ0) is 15.4. The maximum Gasteiger partial charge on any atom is 0.256 e. The van der Waals surface area contributed by atoms with Crippen LogP contribution >= 0.6 is 0 Å². The summed E-state index contributed by atoms with van der Waals surface area (Å²) in [5, 5.41) is 11.8. The van der Waals surface area contributed by atoms with Crippen molar-refractivity contribution in [2.24, 2.45) is 0 Å². The summed E-state index contributed by atoms with van der Waals surface area (Å²) in [5.74, 6) is 0.408. The summed E-state index contributed by atoms with van der Waals surface area (Å²) in [6.07, 6.45) is 5.20. The standard InChI is InChI=1S/C16H15N5O/c17-9-12-3-5-14(6-4-12)20-16-18-10-13(11-19-16)15(22)21-7-1-2-8-21/h3-6,10-11H,1-2,7-8H2,(H,18,19,20). The Kier molecular flexibility index (Phi) is 3.97. The summed E-state index contributed by atoms with van der Waals surface area (Å²) in [6.45, 7) is 1.62. The fourth-order valence-corrected chi connectivity index (χ4v) is 2.36. The van der Waals surface area contributed by atoms with Gasteiger partial charge in [0.25, 0.3) is 5.91 Å². The summed E-state index contributed by atoms with van der Waals surface area (Å²) in [5.41, 5.74) is 1.89. The van der Waals surface area contributed by atoms with Gasteiger partial charge in [0.05, 0.1) is 17.2 Å². The molecule has 110 valence electrons. The Morgan fingerprint density at radius 2 is 1.77 bits per heavy atom. The summed E-state index contributed by atoms with van der Waals surface area (Å²) in [7, 11) is 0. The lowest BCUT2D eigenvalue weighted by Gasteiger charge is -2.14. The highest BCUT2D eigenvalue weighted by Gasteiger charge is 2.19. The van der Waals surface area contributed by atoms with Crippen LogP contribution in [0.25, 0.3) is 0 Å². The Bertz CT molecular complexity index is 697. The van der Waals surface area contributed by atoms with Crippen LogP contribution < -0.4 is 5.32 Å². The smallest absolute Gasteiger partial charge is 0.256 e. The number of benzene rings is 1. The van der Waals surface area contributed by atoms with E-state index in [0.29, 0.717) is 17.1 Å². The third-order valence-corrected chi connectivity index (χ3v) is 3.56. The maximum atomic E-state index is 12.2. The molecule has 1 aliphatic heterocycles. The van der Waals surface area contributed by atoms with Gasteiger partial charge in [0.1, 0.15) is 0 Å². The van der Waals surface area contributed by atoms with Crippen molar-refractivity contribution in [3.05, 3.63) is 47.8 Å². The van der Waals surface area contributed by atoms with Gasteiger partial charge in [-0.25, -0.2) is 9.97 Å². The molecule has 0 unspecified atom stereocenters.